The van der Waals surface area contributed by atoms with E-state index < -0.39 is 0 Å². The molecule has 1 N–H and O–H groups in total. The van der Waals surface area contributed by atoms with Crippen LogP contribution in [0.3, 0.4) is 0 Å². The molecule has 29 heavy (non-hydrogen) atoms. The Morgan fingerprint density at radius 2 is 1.90 bits per heavy atom. The summed E-state index contributed by atoms with van der Waals surface area (Å²) < 4.78 is 12.5. The minimum absolute atomic E-state index is 0. The van der Waals surface area contributed by atoms with E-state index in [1.54, 1.807) is 23.7 Å². The topological polar surface area (TPSA) is 70.1 Å². The summed E-state index contributed by atoms with van der Waals surface area (Å²) in [5.74, 6) is 2.32. The minimum atomic E-state index is -0.296. The van der Waals surface area contributed by atoms with Gasteiger partial charge in [-0.1, -0.05) is 11.3 Å². The van der Waals surface area contributed by atoms with Crippen molar-refractivity contribution in [1.82, 2.24) is 24.8 Å². The standard InChI is InChI=1S/C19H22FN7S.ClH/c1-14-23-17(12-18(24-14)27-10-8-26(7-4-20)9-11-27)25-19-22-13-16(28-19)15-2-5-21-6-3-15;/h2-3,5-6,12-13H,4,7-11H2,1H3,(H,22,23,24,25);1H. The highest BCUT2D eigenvalue weighted by Gasteiger charge is 2.19. The Morgan fingerprint density at radius 3 is 2.62 bits per heavy atom. The van der Waals surface area contributed by atoms with Crippen LogP contribution in [-0.2, 0) is 0 Å². The molecule has 0 saturated carbocycles. The van der Waals surface area contributed by atoms with Crippen LogP contribution in [0.25, 0.3) is 10.4 Å². The SMILES string of the molecule is Cc1nc(Nc2ncc(-c3ccncc3)s2)cc(N2CCN(CCF)CC2)n1.Cl. The maximum Gasteiger partial charge on any atom is 0.188 e. The molecule has 0 bridgehead atoms. The lowest BCUT2D eigenvalue weighted by atomic mass is 10.2. The molecule has 0 spiro atoms. The van der Waals surface area contributed by atoms with Gasteiger partial charge in [0.15, 0.2) is 5.13 Å². The maximum atomic E-state index is 12.5. The molecule has 3 aromatic heterocycles. The zero-order chi connectivity index (χ0) is 19.3. The molecular weight excluding hydrogens is 413 g/mol. The molecule has 3 aromatic rings. The van der Waals surface area contributed by atoms with Crippen molar-refractivity contribution in [3.63, 3.8) is 0 Å². The molecule has 1 aliphatic rings. The Balaban J connectivity index is 0.00000240. The van der Waals surface area contributed by atoms with Gasteiger partial charge in [-0.25, -0.2) is 19.3 Å². The summed E-state index contributed by atoms with van der Waals surface area (Å²) in [5.41, 5.74) is 1.09. The normalized spacial score (nSPS) is 14.5. The fourth-order valence-electron chi connectivity index (χ4n) is 3.19. The number of hydrogen-bond donors (Lipinski definition) is 1. The van der Waals surface area contributed by atoms with Crippen molar-refractivity contribution in [1.29, 1.82) is 0 Å². The summed E-state index contributed by atoms with van der Waals surface area (Å²) in [7, 11) is 0. The Kier molecular flexibility index (Phi) is 7.29. The van der Waals surface area contributed by atoms with Gasteiger partial charge in [0.05, 0.1) is 4.88 Å². The Morgan fingerprint density at radius 1 is 1.14 bits per heavy atom. The molecule has 7 nitrogen and oxygen atoms in total. The first-order chi connectivity index (χ1) is 13.7. The van der Waals surface area contributed by atoms with Gasteiger partial charge in [0.25, 0.3) is 0 Å². The van der Waals surface area contributed by atoms with Gasteiger partial charge in [-0.2, -0.15) is 0 Å². The number of hydrogen-bond acceptors (Lipinski definition) is 8. The van der Waals surface area contributed by atoms with E-state index >= 15 is 0 Å². The fourth-order valence-corrected chi connectivity index (χ4v) is 4.02. The monoisotopic (exact) mass is 435 g/mol. The molecule has 0 aliphatic carbocycles. The smallest absolute Gasteiger partial charge is 0.188 e. The fraction of sp³-hybridized carbons (Fsp3) is 0.368. The van der Waals surface area contributed by atoms with Crippen LogP contribution >= 0.6 is 23.7 Å². The van der Waals surface area contributed by atoms with E-state index in [0.29, 0.717) is 12.4 Å². The predicted octanol–water partition coefficient (Wildman–Crippen LogP) is 3.56. The second-order valence-electron chi connectivity index (χ2n) is 6.57. The van der Waals surface area contributed by atoms with Crippen molar-refractivity contribution in [3.05, 3.63) is 42.6 Å². The summed E-state index contributed by atoms with van der Waals surface area (Å²) in [6, 6.07) is 5.88. The number of anilines is 3. The van der Waals surface area contributed by atoms with Crippen LogP contribution in [0.1, 0.15) is 5.82 Å². The van der Waals surface area contributed by atoms with E-state index in [1.807, 2.05) is 31.3 Å². The van der Waals surface area contributed by atoms with E-state index in [-0.39, 0.29) is 19.1 Å². The van der Waals surface area contributed by atoms with Crippen molar-refractivity contribution in [3.8, 4) is 10.4 Å². The van der Waals surface area contributed by atoms with Crippen LogP contribution in [0.5, 0.6) is 0 Å². The van der Waals surface area contributed by atoms with E-state index in [9.17, 15) is 4.39 Å². The Hall–Kier alpha value is -2.36. The molecule has 4 rings (SSSR count). The molecule has 0 radical (unpaired) electrons. The summed E-state index contributed by atoms with van der Waals surface area (Å²) in [6.07, 6.45) is 5.40. The molecule has 10 heteroatoms. The molecule has 1 fully saturated rings. The maximum absolute atomic E-state index is 12.5. The number of piperazine rings is 1. The molecule has 154 valence electrons. The summed E-state index contributed by atoms with van der Waals surface area (Å²) >= 11 is 1.57. The average Bonchev–Trinajstić information content (AvgIpc) is 3.17. The Bertz CT molecular complexity index is 916. The number of thiazole rings is 1. The quantitative estimate of drug-likeness (QED) is 0.634. The summed E-state index contributed by atoms with van der Waals surface area (Å²) in [5, 5.41) is 4.08. The van der Waals surface area contributed by atoms with Gasteiger partial charge in [0.1, 0.15) is 24.1 Å². The third-order valence-electron chi connectivity index (χ3n) is 4.63. The van der Waals surface area contributed by atoms with Gasteiger partial charge in [-0.3, -0.25) is 9.88 Å². The Labute approximate surface area is 179 Å². The second kappa shape index (κ2) is 9.91. The van der Waals surface area contributed by atoms with Gasteiger partial charge < -0.3 is 10.2 Å². The van der Waals surface area contributed by atoms with Gasteiger partial charge in [0, 0.05) is 57.4 Å². The second-order valence-corrected chi connectivity index (χ2v) is 7.60. The number of aromatic nitrogens is 4. The average molecular weight is 436 g/mol. The summed E-state index contributed by atoms with van der Waals surface area (Å²) in [6.45, 7) is 5.45. The van der Waals surface area contributed by atoms with Gasteiger partial charge in [-0.15, -0.1) is 12.4 Å². The highest BCUT2D eigenvalue weighted by atomic mass is 35.5. The first-order valence-corrected chi connectivity index (χ1v) is 10.0. The van der Waals surface area contributed by atoms with Crippen LogP contribution in [-0.4, -0.2) is 64.2 Å². The van der Waals surface area contributed by atoms with Crippen LogP contribution < -0.4 is 10.2 Å². The molecule has 1 aliphatic heterocycles. The van der Waals surface area contributed by atoms with E-state index in [0.717, 1.165) is 53.4 Å². The molecule has 0 amide bonds. The third-order valence-corrected chi connectivity index (χ3v) is 5.59. The highest BCUT2D eigenvalue weighted by Crippen LogP contribution is 2.30. The first-order valence-electron chi connectivity index (χ1n) is 9.23. The zero-order valence-electron chi connectivity index (χ0n) is 16.1. The van der Waals surface area contributed by atoms with E-state index in [1.165, 1.54) is 0 Å². The summed E-state index contributed by atoms with van der Waals surface area (Å²) in [4.78, 5) is 23.0. The largest absolute Gasteiger partial charge is 0.354 e. The predicted molar refractivity (Wildman–Crippen MR) is 117 cm³/mol. The molecule has 0 unspecified atom stereocenters. The van der Waals surface area contributed by atoms with Gasteiger partial charge in [0.2, 0.25) is 0 Å². The van der Waals surface area contributed by atoms with Crippen LogP contribution in [0, 0.1) is 6.92 Å². The lowest BCUT2D eigenvalue weighted by Gasteiger charge is -2.35. The van der Waals surface area contributed by atoms with Crippen LogP contribution in [0.4, 0.5) is 21.2 Å². The molecule has 0 aromatic carbocycles. The van der Waals surface area contributed by atoms with Crippen LogP contribution in [0.2, 0.25) is 0 Å². The van der Waals surface area contributed by atoms with Crippen molar-refractivity contribution >= 4 is 40.5 Å². The van der Waals surface area contributed by atoms with E-state index in [4.69, 9.17) is 0 Å². The van der Waals surface area contributed by atoms with Crippen molar-refractivity contribution in [2.45, 2.75) is 6.92 Å². The number of aryl methyl sites for hydroxylation is 1. The number of nitrogens with one attached hydrogen (secondary N) is 1. The minimum Gasteiger partial charge on any atom is -0.354 e. The van der Waals surface area contributed by atoms with Crippen molar-refractivity contribution in [2.75, 3.05) is 49.6 Å². The van der Waals surface area contributed by atoms with Crippen molar-refractivity contribution < 1.29 is 4.39 Å². The zero-order valence-corrected chi connectivity index (χ0v) is 17.7. The number of alkyl halides is 1. The first kappa shape index (κ1) is 21.4. The molecule has 4 heterocycles. The highest BCUT2D eigenvalue weighted by molar-refractivity contribution is 7.18. The molecule has 1 saturated heterocycles. The third kappa shape index (κ3) is 5.37. The molecule has 0 atom stereocenters. The lowest BCUT2D eigenvalue weighted by molar-refractivity contribution is 0.235. The lowest BCUT2D eigenvalue weighted by Crippen LogP contribution is -2.47. The number of pyridine rings is 1. The molecular formula is C19H23ClFN7S. The number of nitrogens with zero attached hydrogens (tertiary/aromatic N) is 6. The number of halogens is 2. The van der Waals surface area contributed by atoms with Crippen LogP contribution in [0.15, 0.2) is 36.8 Å². The van der Waals surface area contributed by atoms with E-state index in [2.05, 4.69) is 35.1 Å². The van der Waals surface area contributed by atoms with Gasteiger partial charge >= 0.3 is 0 Å². The van der Waals surface area contributed by atoms with Crippen molar-refractivity contribution in [2.24, 2.45) is 0 Å². The van der Waals surface area contributed by atoms with Gasteiger partial charge in [-0.05, 0) is 24.6 Å². The number of rotatable bonds is 6.